The van der Waals surface area contributed by atoms with Crippen molar-refractivity contribution in [3.05, 3.63) is 54.0 Å². The second-order valence-electron chi connectivity index (χ2n) is 7.47. The molecule has 3 heterocycles. The van der Waals surface area contributed by atoms with Gasteiger partial charge in [-0.15, -0.1) is 0 Å². The van der Waals surface area contributed by atoms with Gasteiger partial charge in [0.05, 0.1) is 11.9 Å². The van der Waals surface area contributed by atoms with Gasteiger partial charge in [-0.25, -0.2) is 9.97 Å². The summed E-state index contributed by atoms with van der Waals surface area (Å²) in [4.78, 5) is 26.0. The summed E-state index contributed by atoms with van der Waals surface area (Å²) in [6, 6.07) is 9.87. The van der Waals surface area contributed by atoms with Crippen LogP contribution in [0.2, 0.25) is 0 Å². The van der Waals surface area contributed by atoms with Crippen molar-refractivity contribution < 1.29 is 4.79 Å². The van der Waals surface area contributed by atoms with E-state index in [1.54, 1.807) is 18.6 Å². The number of aryl methyl sites for hydroxylation is 1. The third-order valence-electron chi connectivity index (χ3n) is 5.34. The monoisotopic (exact) mass is 378 g/mol. The van der Waals surface area contributed by atoms with Crippen molar-refractivity contribution in [2.75, 3.05) is 45.1 Å². The van der Waals surface area contributed by atoms with Crippen LogP contribution in [0.3, 0.4) is 0 Å². The number of benzene rings is 1. The van der Waals surface area contributed by atoms with Gasteiger partial charge >= 0.3 is 0 Å². The molecule has 4 rings (SSSR count). The Balaban J connectivity index is 1.33. The zero-order chi connectivity index (χ0) is 19.5. The quantitative estimate of drug-likeness (QED) is 0.736. The second kappa shape index (κ2) is 8.08. The van der Waals surface area contributed by atoms with Crippen LogP contribution in [0.15, 0.2) is 42.9 Å². The minimum atomic E-state index is -0.176. The molecule has 1 aromatic carbocycles. The van der Waals surface area contributed by atoms with Crippen molar-refractivity contribution in [3.8, 4) is 0 Å². The molecule has 1 aliphatic heterocycles. The number of amides is 1. The fourth-order valence-electron chi connectivity index (χ4n) is 3.46. The first-order valence-corrected chi connectivity index (χ1v) is 9.67. The Kier molecular flexibility index (Phi) is 5.36. The van der Waals surface area contributed by atoms with E-state index < -0.39 is 0 Å². The summed E-state index contributed by atoms with van der Waals surface area (Å²) in [7, 11) is 4.06. The average Bonchev–Trinajstić information content (AvgIpc) is 3.09. The summed E-state index contributed by atoms with van der Waals surface area (Å²) in [5.74, 6) is -0.176. The molecule has 0 radical (unpaired) electrons. The number of aromatic nitrogens is 3. The number of likely N-dealkylation sites (N-methyl/N-ethyl adjacent to an activating group) is 1. The maximum Gasteiger partial charge on any atom is 0.257 e. The lowest BCUT2D eigenvalue weighted by Gasteiger charge is -2.32. The smallest absolute Gasteiger partial charge is 0.257 e. The summed E-state index contributed by atoms with van der Waals surface area (Å²) in [6.07, 6.45) is 4.31. The highest BCUT2D eigenvalue weighted by atomic mass is 16.1. The van der Waals surface area contributed by atoms with Crippen molar-refractivity contribution in [1.82, 2.24) is 24.3 Å². The normalized spacial score (nSPS) is 15.8. The predicted molar refractivity (Wildman–Crippen MR) is 111 cm³/mol. The van der Waals surface area contributed by atoms with Crippen molar-refractivity contribution in [1.29, 1.82) is 0 Å². The molecule has 7 nitrogen and oxygen atoms in total. The highest BCUT2D eigenvalue weighted by molar-refractivity contribution is 6.05. The van der Waals surface area contributed by atoms with E-state index in [1.807, 2.05) is 23.7 Å². The van der Waals surface area contributed by atoms with Crippen LogP contribution in [0.5, 0.6) is 0 Å². The Morgan fingerprint density at radius 3 is 2.57 bits per heavy atom. The molecule has 0 atom stereocenters. The fourth-order valence-corrected chi connectivity index (χ4v) is 3.46. The molecular weight excluding hydrogens is 352 g/mol. The number of hydrogen-bond acceptors (Lipinski definition) is 5. The van der Waals surface area contributed by atoms with Gasteiger partial charge in [0.2, 0.25) is 0 Å². The Morgan fingerprint density at radius 2 is 1.82 bits per heavy atom. The lowest BCUT2D eigenvalue weighted by atomic mass is 10.1. The predicted octanol–water partition coefficient (Wildman–Crippen LogP) is 2.01. The van der Waals surface area contributed by atoms with Gasteiger partial charge in [-0.05, 0) is 37.2 Å². The van der Waals surface area contributed by atoms with Crippen LogP contribution in [0.1, 0.15) is 15.9 Å². The highest BCUT2D eigenvalue weighted by Gasteiger charge is 2.13. The van der Waals surface area contributed by atoms with Crippen molar-refractivity contribution >= 4 is 22.8 Å². The van der Waals surface area contributed by atoms with Crippen molar-refractivity contribution in [2.24, 2.45) is 7.05 Å². The molecule has 0 unspecified atom stereocenters. The van der Waals surface area contributed by atoms with E-state index in [-0.39, 0.29) is 5.91 Å². The van der Waals surface area contributed by atoms with Gasteiger partial charge < -0.3 is 19.7 Å². The zero-order valence-corrected chi connectivity index (χ0v) is 16.4. The minimum Gasteiger partial charge on any atom is -0.322 e. The van der Waals surface area contributed by atoms with E-state index in [9.17, 15) is 4.79 Å². The summed E-state index contributed by atoms with van der Waals surface area (Å²) >= 11 is 0. The molecule has 1 fully saturated rings. The number of rotatable bonds is 5. The molecule has 1 N–H and O–H groups in total. The molecule has 7 heteroatoms. The number of fused-ring (bicyclic) bond motifs is 1. The summed E-state index contributed by atoms with van der Waals surface area (Å²) in [6.45, 7) is 5.64. The van der Waals surface area contributed by atoms with E-state index in [2.05, 4.69) is 44.3 Å². The van der Waals surface area contributed by atoms with Crippen LogP contribution in [-0.4, -0.2) is 70.0 Å². The largest absolute Gasteiger partial charge is 0.322 e. The maximum absolute atomic E-state index is 12.5. The first kappa shape index (κ1) is 18.6. The third kappa shape index (κ3) is 4.21. The Bertz CT molecular complexity index is 957. The van der Waals surface area contributed by atoms with E-state index in [0.29, 0.717) is 5.56 Å². The number of pyridine rings is 1. The van der Waals surface area contributed by atoms with Crippen molar-refractivity contribution in [3.63, 3.8) is 0 Å². The Morgan fingerprint density at radius 1 is 1.07 bits per heavy atom. The van der Waals surface area contributed by atoms with Crippen LogP contribution in [0, 0.1) is 0 Å². The van der Waals surface area contributed by atoms with Crippen LogP contribution in [0.4, 0.5) is 5.69 Å². The molecular formula is C21H26N6O. The number of carbonyl (C=O) groups excluding carboxylic acids is 1. The number of carbonyl (C=O) groups is 1. The molecule has 28 heavy (non-hydrogen) atoms. The lowest BCUT2D eigenvalue weighted by molar-refractivity contribution is 0.102. The number of nitrogens with one attached hydrogen (secondary N) is 1. The van der Waals surface area contributed by atoms with Gasteiger partial charge in [0.25, 0.3) is 5.91 Å². The van der Waals surface area contributed by atoms with Gasteiger partial charge in [-0.3, -0.25) is 4.79 Å². The third-order valence-corrected chi connectivity index (χ3v) is 5.34. The molecule has 0 saturated carbocycles. The molecule has 1 aliphatic rings. The highest BCUT2D eigenvalue weighted by Crippen LogP contribution is 2.15. The topological polar surface area (TPSA) is 66.3 Å². The molecule has 3 aromatic rings. The zero-order valence-electron chi connectivity index (χ0n) is 16.4. The van der Waals surface area contributed by atoms with Crippen LogP contribution < -0.4 is 5.32 Å². The van der Waals surface area contributed by atoms with E-state index in [1.165, 1.54) is 5.56 Å². The summed E-state index contributed by atoms with van der Waals surface area (Å²) in [5, 5.41) is 2.94. The van der Waals surface area contributed by atoms with Crippen molar-refractivity contribution in [2.45, 2.75) is 6.42 Å². The van der Waals surface area contributed by atoms with E-state index in [0.717, 1.165) is 56.0 Å². The van der Waals surface area contributed by atoms with Gasteiger partial charge in [-0.2, -0.15) is 0 Å². The lowest BCUT2D eigenvalue weighted by Crippen LogP contribution is -2.45. The first-order valence-electron chi connectivity index (χ1n) is 9.67. The Labute approximate surface area is 165 Å². The van der Waals surface area contributed by atoms with Gasteiger partial charge in [0.15, 0.2) is 5.65 Å². The molecule has 0 aliphatic carbocycles. The number of piperazine rings is 1. The van der Waals surface area contributed by atoms with Crippen LogP contribution in [0.25, 0.3) is 11.2 Å². The first-order chi connectivity index (χ1) is 13.6. The molecule has 0 bridgehead atoms. The van der Waals surface area contributed by atoms with E-state index in [4.69, 9.17) is 0 Å². The maximum atomic E-state index is 12.5. The number of imidazole rings is 1. The average molecular weight is 378 g/mol. The van der Waals surface area contributed by atoms with Gasteiger partial charge in [-0.1, -0.05) is 12.1 Å². The van der Waals surface area contributed by atoms with Crippen LogP contribution in [-0.2, 0) is 13.5 Å². The minimum absolute atomic E-state index is 0.176. The molecule has 146 valence electrons. The SMILES string of the molecule is CN1CCN(CCc2ccc(NC(=O)c3cnc4c(c3)ncn4C)cc2)CC1. The fraction of sp³-hybridized carbons (Fsp3) is 0.381. The number of nitrogens with zero attached hydrogens (tertiary/aromatic N) is 5. The molecule has 0 spiro atoms. The Hall–Kier alpha value is -2.77. The molecule has 1 saturated heterocycles. The summed E-state index contributed by atoms with van der Waals surface area (Å²) in [5.41, 5.74) is 4.06. The molecule has 2 aromatic heterocycles. The molecule has 1 amide bonds. The summed E-state index contributed by atoms with van der Waals surface area (Å²) < 4.78 is 1.83. The van der Waals surface area contributed by atoms with Gasteiger partial charge in [0.1, 0.15) is 5.52 Å². The van der Waals surface area contributed by atoms with Gasteiger partial charge in [0, 0.05) is 51.7 Å². The second-order valence-corrected chi connectivity index (χ2v) is 7.47. The van der Waals surface area contributed by atoms with Crippen LogP contribution >= 0.6 is 0 Å². The standard InChI is InChI=1S/C21H26N6O/c1-25-9-11-27(12-10-25)8-7-16-3-5-18(6-4-16)24-21(28)17-13-19-20(22-14-17)26(2)15-23-19/h3-6,13-15H,7-12H2,1-2H3,(H,24,28). The number of hydrogen-bond donors (Lipinski definition) is 1. The number of anilines is 1. The van der Waals surface area contributed by atoms with E-state index >= 15 is 0 Å².